The highest BCUT2D eigenvalue weighted by Crippen LogP contribution is 2.35. The normalized spacial score (nSPS) is 15.7. The molecule has 1 aliphatic rings. The van der Waals surface area contributed by atoms with Crippen LogP contribution >= 0.6 is 0 Å². The molecule has 30 heavy (non-hydrogen) atoms. The minimum Gasteiger partial charge on any atom is -0.339 e. The summed E-state index contributed by atoms with van der Waals surface area (Å²) in [6.07, 6.45) is -9.53. The second-order valence-corrected chi connectivity index (χ2v) is 6.89. The number of piperidine rings is 1. The van der Waals surface area contributed by atoms with E-state index in [0.717, 1.165) is 12.1 Å². The molecule has 1 aromatic heterocycles. The third-order valence-electron chi connectivity index (χ3n) is 4.94. The van der Waals surface area contributed by atoms with E-state index in [4.69, 9.17) is 5.26 Å². The predicted octanol–water partition coefficient (Wildman–Crippen LogP) is 5.05. The number of hydrogen-bond donors (Lipinski definition) is 0. The van der Waals surface area contributed by atoms with Gasteiger partial charge in [-0.2, -0.15) is 31.6 Å². The van der Waals surface area contributed by atoms with E-state index in [1.54, 1.807) is 0 Å². The molecule has 1 saturated heterocycles. The van der Waals surface area contributed by atoms with Gasteiger partial charge in [0.05, 0.1) is 23.2 Å². The molecule has 10 heteroatoms. The van der Waals surface area contributed by atoms with E-state index in [1.807, 2.05) is 6.07 Å². The number of halogens is 6. The van der Waals surface area contributed by atoms with Gasteiger partial charge in [-0.05, 0) is 43.2 Å². The Labute approximate surface area is 167 Å². The molecular formula is C20H15F6N3O. The quantitative estimate of drug-likeness (QED) is 0.630. The summed E-state index contributed by atoms with van der Waals surface area (Å²) in [4.78, 5) is 17.7. The molecule has 0 atom stereocenters. The first kappa shape index (κ1) is 21.6. The molecule has 0 radical (unpaired) electrons. The Morgan fingerprint density at radius 2 is 1.73 bits per heavy atom. The van der Waals surface area contributed by atoms with Crippen molar-refractivity contribution in [1.82, 2.24) is 9.88 Å². The van der Waals surface area contributed by atoms with Crippen molar-refractivity contribution in [2.45, 2.75) is 25.2 Å². The van der Waals surface area contributed by atoms with Gasteiger partial charge in [0.2, 0.25) is 0 Å². The third-order valence-corrected chi connectivity index (χ3v) is 4.94. The Morgan fingerprint density at radius 1 is 1.07 bits per heavy atom. The van der Waals surface area contributed by atoms with Gasteiger partial charge in [-0.1, -0.05) is 6.07 Å². The second kappa shape index (κ2) is 7.97. The Hall–Kier alpha value is -3.09. The number of rotatable bonds is 2. The number of nitrogens with zero attached hydrogens (tertiary/aromatic N) is 3. The zero-order valence-electron chi connectivity index (χ0n) is 15.4. The Bertz CT molecular complexity index is 985. The van der Waals surface area contributed by atoms with Crippen LogP contribution in [0, 0.1) is 17.2 Å². The molecule has 1 amide bonds. The van der Waals surface area contributed by atoms with Crippen molar-refractivity contribution in [1.29, 1.82) is 5.26 Å². The number of amides is 1. The van der Waals surface area contributed by atoms with E-state index in [-0.39, 0.29) is 48.3 Å². The largest absolute Gasteiger partial charge is 0.433 e. The topological polar surface area (TPSA) is 57.0 Å². The molecule has 158 valence electrons. The highest BCUT2D eigenvalue weighted by atomic mass is 19.4. The summed E-state index contributed by atoms with van der Waals surface area (Å²) in [6, 6.07) is 8.90. The number of carbonyl (C=O) groups excluding carboxylic acids is 1. The number of benzene rings is 1. The van der Waals surface area contributed by atoms with Crippen LogP contribution in [0.4, 0.5) is 26.3 Å². The van der Waals surface area contributed by atoms with Gasteiger partial charge in [0.15, 0.2) is 0 Å². The lowest BCUT2D eigenvalue weighted by Gasteiger charge is -2.33. The molecule has 0 spiro atoms. The first-order valence-corrected chi connectivity index (χ1v) is 8.95. The monoisotopic (exact) mass is 427 g/mol. The van der Waals surface area contributed by atoms with Gasteiger partial charge in [0, 0.05) is 24.2 Å². The average molecular weight is 427 g/mol. The molecule has 0 saturated carbocycles. The summed E-state index contributed by atoms with van der Waals surface area (Å²) in [5.74, 6) is -2.11. The molecule has 0 aliphatic carbocycles. The maximum Gasteiger partial charge on any atom is 0.433 e. The molecule has 1 fully saturated rings. The van der Waals surface area contributed by atoms with Crippen LogP contribution in [0.5, 0.6) is 0 Å². The molecule has 0 bridgehead atoms. The fraction of sp³-hybridized carbons (Fsp3) is 0.350. The van der Waals surface area contributed by atoms with Crippen molar-refractivity contribution in [2.75, 3.05) is 13.1 Å². The Morgan fingerprint density at radius 3 is 2.30 bits per heavy atom. The molecule has 1 aliphatic heterocycles. The van der Waals surface area contributed by atoms with Crippen molar-refractivity contribution in [3.63, 3.8) is 0 Å². The number of nitriles is 1. The lowest BCUT2D eigenvalue weighted by molar-refractivity contribution is -0.183. The predicted molar refractivity (Wildman–Crippen MR) is 94.1 cm³/mol. The van der Waals surface area contributed by atoms with Gasteiger partial charge in [0.1, 0.15) is 5.69 Å². The summed E-state index contributed by atoms with van der Waals surface area (Å²) < 4.78 is 77.7. The zero-order chi connectivity index (χ0) is 22.1. The summed E-state index contributed by atoms with van der Waals surface area (Å²) in [5.41, 5.74) is -1.21. The SMILES string of the molecule is N#Cc1ccc(C(=O)N2CCC(C(F)(F)F)CC2)c(-c2cccc(C(F)(F)F)n2)c1. The minimum absolute atomic E-state index is 0.0168. The fourth-order valence-corrected chi connectivity index (χ4v) is 3.34. The molecular weight excluding hydrogens is 412 g/mol. The Kier molecular flexibility index (Phi) is 5.74. The number of hydrogen-bond acceptors (Lipinski definition) is 3. The van der Waals surface area contributed by atoms with Gasteiger partial charge in [0.25, 0.3) is 5.91 Å². The average Bonchev–Trinajstić information content (AvgIpc) is 2.71. The van der Waals surface area contributed by atoms with Gasteiger partial charge in [-0.3, -0.25) is 4.79 Å². The van der Waals surface area contributed by atoms with Crippen LogP contribution in [-0.2, 0) is 6.18 Å². The maximum absolute atomic E-state index is 13.0. The van der Waals surface area contributed by atoms with Crippen LogP contribution in [0.25, 0.3) is 11.3 Å². The van der Waals surface area contributed by atoms with Crippen molar-refractivity contribution in [2.24, 2.45) is 5.92 Å². The van der Waals surface area contributed by atoms with Crippen LogP contribution in [0.1, 0.15) is 34.5 Å². The molecule has 2 aromatic rings. The summed E-state index contributed by atoms with van der Waals surface area (Å²) in [5, 5.41) is 9.12. The third kappa shape index (κ3) is 4.56. The number of aromatic nitrogens is 1. The van der Waals surface area contributed by atoms with Gasteiger partial charge in [-0.25, -0.2) is 4.98 Å². The summed E-state index contributed by atoms with van der Waals surface area (Å²) >= 11 is 0. The van der Waals surface area contributed by atoms with Gasteiger partial charge in [-0.15, -0.1) is 0 Å². The highest BCUT2D eigenvalue weighted by Gasteiger charge is 2.42. The number of likely N-dealkylation sites (tertiary alicyclic amines) is 1. The summed E-state index contributed by atoms with van der Waals surface area (Å²) in [6.45, 7) is -0.253. The lowest BCUT2D eigenvalue weighted by Crippen LogP contribution is -2.42. The number of alkyl halides is 6. The number of carbonyl (C=O) groups is 1. The minimum atomic E-state index is -4.70. The van der Waals surface area contributed by atoms with Gasteiger partial charge >= 0.3 is 12.4 Å². The van der Waals surface area contributed by atoms with Gasteiger partial charge < -0.3 is 4.90 Å². The fourth-order valence-electron chi connectivity index (χ4n) is 3.34. The van der Waals surface area contributed by atoms with Crippen LogP contribution < -0.4 is 0 Å². The standard InChI is InChI=1S/C20H15F6N3O/c21-19(22,23)13-6-8-29(9-7-13)18(30)14-5-4-12(11-27)10-15(14)16-2-1-3-17(28-16)20(24,25)26/h1-5,10,13H,6-9H2. The van der Waals surface area contributed by atoms with E-state index in [9.17, 15) is 31.1 Å². The van der Waals surface area contributed by atoms with E-state index in [1.165, 1.54) is 29.2 Å². The van der Waals surface area contributed by atoms with E-state index >= 15 is 0 Å². The zero-order valence-corrected chi connectivity index (χ0v) is 15.4. The second-order valence-electron chi connectivity index (χ2n) is 6.89. The van der Waals surface area contributed by atoms with Crippen LogP contribution in [0.3, 0.4) is 0 Å². The van der Waals surface area contributed by atoms with E-state index < -0.39 is 29.9 Å². The molecule has 4 nitrogen and oxygen atoms in total. The first-order chi connectivity index (χ1) is 14.0. The summed E-state index contributed by atoms with van der Waals surface area (Å²) in [7, 11) is 0. The molecule has 2 heterocycles. The first-order valence-electron chi connectivity index (χ1n) is 8.95. The molecule has 0 N–H and O–H groups in total. The van der Waals surface area contributed by atoms with Crippen molar-refractivity contribution in [3.8, 4) is 17.3 Å². The van der Waals surface area contributed by atoms with Crippen molar-refractivity contribution in [3.05, 3.63) is 53.2 Å². The van der Waals surface area contributed by atoms with E-state index in [2.05, 4.69) is 4.98 Å². The van der Waals surface area contributed by atoms with Crippen molar-refractivity contribution < 1.29 is 31.1 Å². The van der Waals surface area contributed by atoms with Crippen LogP contribution in [0.2, 0.25) is 0 Å². The van der Waals surface area contributed by atoms with Crippen LogP contribution in [-0.4, -0.2) is 35.1 Å². The number of pyridine rings is 1. The molecule has 1 aromatic carbocycles. The molecule has 0 unspecified atom stereocenters. The highest BCUT2D eigenvalue weighted by molar-refractivity contribution is 6.00. The lowest BCUT2D eigenvalue weighted by atomic mass is 9.94. The smallest absolute Gasteiger partial charge is 0.339 e. The molecule has 3 rings (SSSR count). The van der Waals surface area contributed by atoms with Crippen molar-refractivity contribution >= 4 is 5.91 Å². The van der Waals surface area contributed by atoms with E-state index in [0.29, 0.717) is 0 Å². The van der Waals surface area contributed by atoms with Crippen LogP contribution in [0.15, 0.2) is 36.4 Å². The Balaban J connectivity index is 1.95. The maximum atomic E-state index is 13.0.